The minimum absolute atomic E-state index is 0.0356. The van der Waals surface area contributed by atoms with Crippen LogP contribution in [0.4, 0.5) is 11.4 Å². The number of nitrogens with zero attached hydrogens (tertiary/aromatic N) is 3. The first-order valence-corrected chi connectivity index (χ1v) is 25.6. The molecule has 3 aromatic carbocycles. The molecule has 0 radical (unpaired) electrons. The lowest BCUT2D eigenvalue weighted by Crippen LogP contribution is -2.54. The molecule has 3 atom stereocenters. The first-order chi connectivity index (χ1) is 37.9. The Kier molecular flexibility index (Phi) is 18.5. The van der Waals surface area contributed by atoms with Gasteiger partial charge in [-0.2, -0.15) is 0 Å². The van der Waals surface area contributed by atoms with Crippen molar-refractivity contribution in [2.24, 2.45) is 0 Å². The molecule has 12 amide bonds. The number of aryl methyl sites for hydroxylation is 1. The van der Waals surface area contributed by atoms with Crippen LogP contribution >= 0.6 is 0 Å². The number of nitrogens with one attached hydrogen (secondary N) is 5. The van der Waals surface area contributed by atoms with Gasteiger partial charge in [-0.15, -0.1) is 0 Å². The summed E-state index contributed by atoms with van der Waals surface area (Å²) in [6, 6.07) is 11.1. The molecule has 81 heavy (non-hydrogen) atoms. The molecule has 428 valence electrons. The Morgan fingerprint density at radius 2 is 0.840 bits per heavy atom. The van der Waals surface area contributed by atoms with E-state index in [2.05, 4.69) is 26.6 Å². The topological polar surface area (TPSA) is 365 Å². The summed E-state index contributed by atoms with van der Waals surface area (Å²) in [5.74, 6) is -8.46. The third-order valence-electron chi connectivity index (χ3n) is 12.6. The number of amides is 12. The number of piperidine rings is 3. The SMILES string of the molecule is CC(C)(C)OC(=O)CNc1cccc2c1C(=O)N(C1CCC(=O)NC1=O)C2=O.CCC(=O)OC(C)(C)C.Cc1cccc2c1C(=O)N(C1CCC(=O)NC1=O)C2=O.O=C(O)CNc1cccc2c1C(=O)N(C1CCC(=O)NC1=O)C2=O. The number of rotatable bonds is 10. The minimum atomic E-state index is -1.12. The van der Waals surface area contributed by atoms with E-state index in [0.29, 0.717) is 28.8 Å². The van der Waals surface area contributed by atoms with Crippen molar-refractivity contribution >= 4 is 100 Å². The molecule has 6 aliphatic rings. The number of carbonyl (C=O) groups is 15. The number of imide groups is 6. The van der Waals surface area contributed by atoms with Gasteiger partial charge in [0.05, 0.1) is 33.4 Å². The zero-order valence-electron chi connectivity index (χ0n) is 45.5. The predicted octanol–water partition coefficient (Wildman–Crippen LogP) is 2.56. The maximum atomic E-state index is 12.9. The van der Waals surface area contributed by atoms with Gasteiger partial charge in [0.25, 0.3) is 35.4 Å². The summed E-state index contributed by atoms with van der Waals surface area (Å²) in [7, 11) is 0. The van der Waals surface area contributed by atoms with Crippen molar-refractivity contribution in [1.29, 1.82) is 0 Å². The average Bonchev–Trinajstić information content (AvgIpc) is 4.11. The van der Waals surface area contributed by atoms with Gasteiger partial charge in [0.15, 0.2) is 0 Å². The van der Waals surface area contributed by atoms with Crippen LogP contribution in [0.25, 0.3) is 0 Å². The highest BCUT2D eigenvalue weighted by atomic mass is 16.6. The van der Waals surface area contributed by atoms with Crippen molar-refractivity contribution in [2.75, 3.05) is 23.7 Å². The Bertz CT molecular complexity index is 3210. The third-order valence-corrected chi connectivity index (χ3v) is 12.6. The summed E-state index contributed by atoms with van der Waals surface area (Å²) in [5.41, 5.74) is 1.29. The van der Waals surface area contributed by atoms with Crippen molar-refractivity contribution in [3.8, 4) is 0 Å². The molecule has 3 aromatic rings. The van der Waals surface area contributed by atoms with E-state index in [9.17, 15) is 71.9 Å². The van der Waals surface area contributed by atoms with E-state index in [1.54, 1.807) is 65.0 Å². The summed E-state index contributed by atoms with van der Waals surface area (Å²) in [6.45, 7) is 13.7. The number of ether oxygens (including phenoxy) is 2. The molecule has 9 rings (SSSR count). The summed E-state index contributed by atoms with van der Waals surface area (Å²) >= 11 is 0. The minimum Gasteiger partial charge on any atom is -0.480 e. The molecule has 3 fully saturated rings. The van der Waals surface area contributed by atoms with E-state index >= 15 is 0 Å². The monoisotopic (exact) mass is 1120 g/mol. The molecule has 0 aromatic heterocycles. The van der Waals surface area contributed by atoms with E-state index in [1.165, 1.54) is 24.3 Å². The van der Waals surface area contributed by atoms with Gasteiger partial charge in [-0.3, -0.25) is 103 Å². The molecule has 6 aliphatic heterocycles. The molecular formula is C55H60N8O18. The number of anilines is 2. The quantitative estimate of drug-likeness (QED) is 0.125. The smallest absolute Gasteiger partial charge is 0.325 e. The molecule has 0 aliphatic carbocycles. The summed E-state index contributed by atoms with van der Waals surface area (Å²) in [4.78, 5) is 181. The number of benzene rings is 3. The molecule has 0 bridgehead atoms. The van der Waals surface area contributed by atoms with Crippen molar-refractivity contribution in [2.45, 2.75) is 130 Å². The van der Waals surface area contributed by atoms with E-state index in [0.717, 1.165) is 14.7 Å². The lowest BCUT2D eigenvalue weighted by atomic mass is 10.0. The van der Waals surface area contributed by atoms with Gasteiger partial charge in [-0.05, 0) is 104 Å². The molecule has 3 saturated heterocycles. The van der Waals surface area contributed by atoms with Crippen LogP contribution in [-0.2, 0) is 52.6 Å². The first-order valence-electron chi connectivity index (χ1n) is 25.6. The van der Waals surface area contributed by atoms with Crippen molar-refractivity contribution in [3.63, 3.8) is 0 Å². The van der Waals surface area contributed by atoms with Crippen molar-refractivity contribution < 1.29 is 86.5 Å². The van der Waals surface area contributed by atoms with Gasteiger partial charge in [0.1, 0.15) is 42.4 Å². The fourth-order valence-electron chi connectivity index (χ4n) is 9.14. The number of hydrogen-bond donors (Lipinski definition) is 6. The van der Waals surface area contributed by atoms with Crippen LogP contribution in [0.3, 0.4) is 0 Å². The predicted molar refractivity (Wildman–Crippen MR) is 281 cm³/mol. The van der Waals surface area contributed by atoms with Crippen molar-refractivity contribution in [3.05, 3.63) is 93.5 Å². The third kappa shape index (κ3) is 14.0. The van der Waals surface area contributed by atoms with Gasteiger partial charge >= 0.3 is 17.9 Å². The van der Waals surface area contributed by atoms with Gasteiger partial charge < -0.3 is 25.2 Å². The van der Waals surface area contributed by atoms with E-state index in [4.69, 9.17) is 14.6 Å². The molecular weight excluding hydrogens is 1060 g/mol. The Balaban J connectivity index is 0.000000184. The Morgan fingerprint density at radius 1 is 0.506 bits per heavy atom. The fraction of sp³-hybridized carbons (Fsp3) is 0.400. The second-order valence-corrected chi connectivity index (χ2v) is 20.9. The Morgan fingerprint density at radius 3 is 1.16 bits per heavy atom. The number of hydrogen-bond acceptors (Lipinski definition) is 19. The van der Waals surface area contributed by atoms with Crippen LogP contribution in [0, 0.1) is 6.92 Å². The summed E-state index contributed by atoms with van der Waals surface area (Å²) in [6.07, 6.45) is 0.988. The lowest BCUT2D eigenvalue weighted by molar-refractivity contribution is -0.154. The first kappa shape index (κ1) is 60.7. The fourth-order valence-corrected chi connectivity index (χ4v) is 9.14. The van der Waals surface area contributed by atoms with Gasteiger partial charge in [0.2, 0.25) is 35.4 Å². The molecule has 0 spiro atoms. The second kappa shape index (κ2) is 24.7. The molecule has 6 heterocycles. The highest BCUT2D eigenvalue weighted by Crippen LogP contribution is 2.35. The number of fused-ring (bicyclic) bond motifs is 3. The normalized spacial score (nSPS) is 19.3. The second-order valence-electron chi connectivity index (χ2n) is 20.9. The average molecular weight is 1120 g/mol. The van der Waals surface area contributed by atoms with E-state index < -0.39 is 107 Å². The van der Waals surface area contributed by atoms with Gasteiger partial charge in [0, 0.05) is 37.1 Å². The van der Waals surface area contributed by atoms with Crippen LogP contribution in [0.2, 0.25) is 0 Å². The van der Waals surface area contributed by atoms with Gasteiger partial charge in [-0.1, -0.05) is 31.2 Å². The van der Waals surface area contributed by atoms with E-state index in [-0.39, 0.29) is 90.5 Å². The largest absolute Gasteiger partial charge is 0.480 e. The zero-order valence-corrected chi connectivity index (χ0v) is 45.5. The Labute approximate surface area is 463 Å². The number of carboxylic acid groups (broad SMARTS) is 1. The molecule has 3 unspecified atom stereocenters. The van der Waals surface area contributed by atoms with Gasteiger partial charge in [-0.25, -0.2) is 0 Å². The van der Waals surface area contributed by atoms with Crippen LogP contribution in [0.1, 0.15) is 161 Å². The molecule has 0 saturated carbocycles. The number of carboxylic acids is 1. The lowest BCUT2D eigenvalue weighted by Gasteiger charge is -2.27. The molecule has 26 heteroatoms. The van der Waals surface area contributed by atoms with Crippen molar-refractivity contribution in [1.82, 2.24) is 30.7 Å². The summed E-state index contributed by atoms with van der Waals surface area (Å²) < 4.78 is 10.2. The zero-order chi connectivity index (χ0) is 60.0. The maximum absolute atomic E-state index is 12.9. The summed E-state index contributed by atoms with van der Waals surface area (Å²) in [5, 5.41) is 20.6. The molecule has 26 nitrogen and oxygen atoms in total. The highest BCUT2D eigenvalue weighted by molar-refractivity contribution is 6.27. The Hall–Kier alpha value is -9.49. The van der Waals surface area contributed by atoms with Crippen LogP contribution in [0.5, 0.6) is 0 Å². The molecule has 6 N–H and O–H groups in total. The van der Waals surface area contributed by atoms with Crippen LogP contribution in [-0.4, -0.2) is 151 Å². The van der Waals surface area contributed by atoms with E-state index in [1.807, 2.05) is 20.8 Å². The van der Waals surface area contributed by atoms with Crippen LogP contribution < -0.4 is 26.6 Å². The highest BCUT2D eigenvalue weighted by Gasteiger charge is 2.48. The standard InChI is InChI=1S/C19H21N3O6.C15H13N3O6.C14H12N2O4.C7H14O2/c1-19(2,3)28-14(24)9-20-11-6-4-5-10-15(11)18(27)22(17(10)26)12-7-8-13(23)21-16(12)25;19-10-5-4-9(13(22)17-10)18-14(23)7-2-1-3-8(12(7)15(18)24)16-6-11(20)21;1-7-3-2-4-8-11(7)14(20)16(13(8)19)9-5-6-10(17)15-12(9)18;1-5-6(8)9-7(2,3)4/h4-6,12,20H,7-9H2,1-3H3,(H,21,23,25);1-3,9,16H,4-6H2,(H,20,21)(H,17,19,22);2-4,9H,5-6H2,1H3,(H,15,17,18);5H2,1-4H3. The number of aliphatic carboxylic acids is 1. The number of carbonyl (C=O) groups excluding carboxylic acids is 14. The number of esters is 2. The maximum Gasteiger partial charge on any atom is 0.325 e. The van der Waals surface area contributed by atoms with Crippen LogP contribution in [0.15, 0.2) is 54.6 Å².